The molecule has 12 heavy (non-hydrogen) atoms. The smallest absolute Gasteiger partial charge is 0.0541 e. The number of hydrogen-bond donors (Lipinski definition) is 2. The van der Waals surface area contributed by atoms with Gasteiger partial charge in [0.1, 0.15) is 0 Å². The van der Waals surface area contributed by atoms with Crippen molar-refractivity contribution in [2.45, 2.75) is 64.1 Å². The van der Waals surface area contributed by atoms with Crippen molar-refractivity contribution < 1.29 is 5.11 Å². The van der Waals surface area contributed by atoms with Crippen molar-refractivity contribution in [3.05, 3.63) is 0 Å². The first-order valence-corrected chi connectivity index (χ1v) is 5.16. The van der Waals surface area contributed by atoms with Gasteiger partial charge in [-0.3, -0.25) is 0 Å². The van der Waals surface area contributed by atoms with Crippen molar-refractivity contribution in [1.29, 1.82) is 0 Å². The average molecular weight is 171 g/mol. The topological polar surface area (TPSA) is 32.3 Å². The van der Waals surface area contributed by atoms with Crippen LogP contribution in [0, 0.1) is 0 Å². The molecular formula is C10H21NO. The highest BCUT2D eigenvalue weighted by atomic mass is 16.3. The molecule has 2 N–H and O–H groups in total. The first-order valence-electron chi connectivity index (χ1n) is 5.16. The second-order valence-electron chi connectivity index (χ2n) is 3.98. The fourth-order valence-corrected chi connectivity index (χ4v) is 1.76. The maximum Gasteiger partial charge on any atom is 0.0541 e. The van der Waals surface area contributed by atoms with Crippen LogP contribution in [0.25, 0.3) is 0 Å². The molecule has 0 bridgehead atoms. The Bertz CT molecular complexity index is 119. The molecule has 0 aliphatic heterocycles. The van der Waals surface area contributed by atoms with Gasteiger partial charge in [-0.15, -0.1) is 0 Å². The lowest BCUT2D eigenvalue weighted by molar-refractivity contribution is 0.114. The molecule has 1 rings (SSSR count). The minimum Gasteiger partial charge on any atom is -0.393 e. The first kappa shape index (κ1) is 10.0. The lowest BCUT2D eigenvalue weighted by Crippen LogP contribution is -2.39. The highest BCUT2D eigenvalue weighted by molar-refractivity contribution is 4.78. The number of rotatable bonds is 3. The van der Waals surface area contributed by atoms with Gasteiger partial charge >= 0.3 is 0 Å². The fraction of sp³-hybridized carbons (Fsp3) is 1.00. The highest BCUT2D eigenvalue weighted by Gasteiger charge is 2.19. The summed E-state index contributed by atoms with van der Waals surface area (Å²) in [5.74, 6) is 0. The molecule has 1 atom stereocenters. The summed E-state index contributed by atoms with van der Waals surface area (Å²) in [6.45, 7) is 4.43. The van der Waals surface area contributed by atoms with E-state index in [-0.39, 0.29) is 6.10 Å². The van der Waals surface area contributed by atoms with Crippen LogP contribution in [0.1, 0.15) is 46.0 Å². The standard InChI is InChI=1S/C10H21NO/c1-3-8(2)11-9-4-6-10(12)7-5-9/h8-12H,3-7H2,1-2H3. The Kier molecular flexibility index (Phi) is 4.02. The van der Waals surface area contributed by atoms with Crippen molar-refractivity contribution in [2.75, 3.05) is 0 Å². The summed E-state index contributed by atoms with van der Waals surface area (Å²) in [4.78, 5) is 0. The van der Waals surface area contributed by atoms with Crippen LogP contribution in [0.5, 0.6) is 0 Å². The van der Waals surface area contributed by atoms with Gasteiger partial charge in [0, 0.05) is 12.1 Å². The van der Waals surface area contributed by atoms with E-state index in [0.29, 0.717) is 12.1 Å². The molecule has 0 amide bonds. The second kappa shape index (κ2) is 4.83. The Balaban J connectivity index is 2.17. The van der Waals surface area contributed by atoms with Gasteiger partial charge in [-0.1, -0.05) is 6.92 Å². The third kappa shape index (κ3) is 3.11. The van der Waals surface area contributed by atoms with Gasteiger partial charge in [0.25, 0.3) is 0 Å². The second-order valence-corrected chi connectivity index (χ2v) is 3.98. The molecule has 72 valence electrons. The van der Waals surface area contributed by atoms with Gasteiger partial charge in [-0.2, -0.15) is 0 Å². The van der Waals surface area contributed by atoms with E-state index in [0.717, 1.165) is 25.7 Å². The third-order valence-corrected chi connectivity index (χ3v) is 2.83. The first-order chi connectivity index (χ1) is 5.72. The molecule has 1 aliphatic carbocycles. The van der Waals surface area contributed by atoms with E-state index in [4.69, 9.17) is 0 Å². The van der Waals surface area contributed by atoms with E-state index in [9.17, 15) is 5.11 Å². The van der Waals surface area contributed by atoms with E-state index in [1.807, 2.05) is 0 Å². The largest absolute Gasteiger partial charge is 0.393 e. The summed E-state index contributed by atoms with van der Waals surface area (Å²) >= 11 is 0. The Labute approximate surface area is 75.4 Å². The van der Waals surface area contributed by atoms with Crippen LogP contribution < -0.4 is 5.32 Å². The third-order valence-electron chi connectivity index (χ3n) is 2.83. The van der Waals surface area contributed by atoms with Gasteiger partial charge in [-0.05, 0) is 39.0 Å². The zero-order valence-corrected chi connectivity index (χ0v) is 8.21. The number of aliphatic hydroxyl groups excluding tert-OH is 1. The summed E-state index contributed by atoms with van der Waals surface area (Å²) in [5.41, 5.74) is 0. The van der Waals surface area contributed by atoms with Gasteiger partial charge in [-0.25, -0.2) is 0 Å². The van der Waals surface area contributed by atoms with Crippen molar-refractivity contribution in [3.8, 4) is 0 Å². The van der Waals surface area contributed by atoms with Crippen LogP contribution in [-0.4, -0.2) is 23.3 Å². The monoisotopic (exact) mass is 171 g/mol. The summed E-state index contributed by atoms with van der Waals surface area (Å²) in [6, 6.07) is 1.29. The van der Waals surface area contributed by atoms with Gasteiger partial charge in [0.05, 0.1) is 6.10 Å². The molecule has 1 saturated carbocycles. The molecule has 0 saturated heterocycles. The van der Waals surface area contributed by atoms with E-state index < -0.39 is 0 Å². The van der Waals surface area contributed by atoms with Gasteiger partial charge < -0.3 is 10.4 Å². The van der Waals surface area contributed by atoms with Crippen LogP contribution in [-0.2, 0) is 0 Å². The highest BCUT2D eigenvalue weighted by Crippen LogP contribution is 2.18. The van der Waals surface area contributed by atoms with E-state index >= 15 is 0 Å². The van der Waals surface area contributed by atoms with Gasteiger partial charge in [0.15, 0.2) is 0 Å². The molecule has 1 unspecified atom stereocenters. The van der Waals surface area contributed by atoms with Crippen molar-refractivity contribution in [3.63, 3.8) is 0 Å². The lowest BCUT2D eigenvalue weighted by atomic mass is 9.92. The predicted octanol–water partition coefficient (Wildman–Crippen LogP) is 1.68. The number of nitrogens with one attached hydrogen (secondary N) is 1. The minimum absolute atomic E-state index is 0.0278. The Morgan fingerprint density at radius 1 is 1.33 bits per heavy atom. The molecule has 2 heteroatoms. The molecule has 0 radical (unpaired) electrons. The van der Waals surface area contributed by atoms with Crippen LogP contribution in [0.3, 0.4) is 0 Å². The van der Waals surface area contributed by atoms with Crippen LogP contribution in [0.15, 0.2) is 0 Å². The lowest BCUT2D eigenvalue weighted by Gasteiger charge is -2.28. The predicted molar refractivity (Wildman–Crippen MR) is 51.2 cm³/mol. The summed E-state index contributed by atoms with van der Waals surface area (Å²) in [5, 5.41) is 12.9. The Morgan fingerprint density at radius 2 is 1.92 bits per heavy atom. The summed E-state index contributed by atoms with van der Waals surface area (Å²) < 4.78 is 0. The van der Waals surface area contributed by atoms with E-state index in [2.05, 4.69) is 19.2 Å². The number of hydrogen-bond acceptors (Lipinski definition) is 2. The van der Waals surface area contributed by atoms with Crippen LogP contribution in [0.4, 0.5) is 0 Å². The molecule has 0 aromatic heterocycles. The maximum atomic E-state index is 9.29. The van der Waals surface area contributed by atoms with Crippen molar-refractivity contribution in [2.24, 2.45) is 0 Å². The molecule has 0 aromatic rings. The molecule has 0 spiro atoms. The van der Waals surface area contributed by atoms with Gasteiger partial charge in [0.2, 0.25) is 0 Å². The molecule has 1 aliphatic rings. The zero-order valence-electron chi connectivity index (χ0n) is 8.21. The molecular weight excluding hydrogens is 150 g/mol. The Morgan fingerprint density at radius 3 is 2.42 bits per heavy atom. The fourth-order valence-electron chi connectivity index (χ4n) is 1.76. The summed E-state index contributed by atoms with van der Waals surface area (Å²) in [6.07, 6.45) is 5.41. The van der Waals surface area contributed by atoms with Crippen molar-refractivity contribution >= 4 is 0 Å². The molecule has 0 aromatic carbocycles. The maximum absolute atomic E-state index is 9.29. The molecule has 2 nitrogen and oxygen atoms in total. The molecule has 0 heterocycles. The van der Waals surface area contributed by atoms with Crippen molar-refractivity contribution in [1.82, 2.24) is 5.32 Å². The van der Waals surface area contributed by atoms with E-state index in [1.165, 1.54) is 6.42 Å². The summed E-state index contributed by atoms with van der Waals surface area (Å²) in [7, 11) is 0. The normalized spacial score (nSPS) is 33.2. The number of aliphatic hydroxyl groups is 1. The average Bonchev–Trinajstić information content (AvgIpc) is 2.09. The zero-order chi connectivity index (χ0) is 8.97. The Hall–Kier alpha value is -0.0800. The minimum atomic E-state index is -0.0278. The van der Waals surface area contributed by atoms with Crippen LogP contribution >= 0.6 is 0 Å². The van der Waals surface area contributed by atoms with Crippen LogP contribution in [0.2, 0.25) is 0 Å². The molecule has 1 fully saturated rings. The quantitative estimate of drug-likeness (QED) is 0.677. The SMILES string of the molecule is CCC(C)NC1CCC(O)CC1. The van der Waals surface area contributed by atoms with E-state index in [1.54, 1.807) is 0 Å².